The molecule has 0 radical (unpaired) electrons. The minimum atomic E-state index is -0.112. The third-order valence-corrected chi connectivity index (χ3v) is 3.69. The minimum Gasteiger partial charge on any atom is -0.355 e. The van der Waals surface area contributed by atoms with Gasteiger partial charge in [0.05, 0.1) is 0 Å². The molecule has 4 nitrogen and oxygen atoms in total. The monoisotopic (exact) mass is 310 g/mol. The lowest BCUT2D eigenvalue weighted by Crippen LogP contribution is -2.23. The fraction of sp³-hybridized carbons (Fsp3) is 0.263. The molecule has 120 valence electrons. The Labute approximate surface area is 136 Å². The van der Waals surface area contributed by atoms with Crippen LogP contribution in [0.4, 0.5) is 0 Å². The molecule has 0 unspecified atom stereocenters. The first kappa shape index (κ1) is 16.7. The van der Waals surface area contributed by atoms with Crippen LogP contribution in [0, 0.1) is 6.92 Å². The average molecular weight is 310 g/mol. The highest BCUT2D eigenvalue weighted by atomic mass is 16.2. The van der Waals surface area contributed by atoms with Crippen molar-refractivity contribution < 1.29 is 9.59 Å². The molecule has 0 aliphatic heterocycles. The van der Waals surface area contributed by atoms with E-state index in [4.69, 9.17) is 0 Å². The molecule has 0 aromatic heterocycles. The fourth-order valence-corrected chi connectivity index (χ4v) is 2.22. The van der Waals surface area contributed by atoms with E-state index in [2.05, 4.69) is 34.9 Å². The highest BCUT2D eigenvalue weighted by Gasteiger charge is 2.04. The van der Waals surface area contributed by atoms with Gasteiger partial charge in [-0.15, -0.1) is 0 Å². The lowest BCUT2D eigenvalue weighted by atomic mass is 10.1. The molecule has 2 amide bonds. The molecule has 2 aromatic carbocycles. The molecule has 2 N–H and O–H groups in total. The lowest BCUT2D eigenvalue weighted by molar-refractivity contribution is -0.121. The summed E-state index contributed by atoms with van der Waals surface area (Å²) in [5, 5.41) is 5.48. The van der Waals surface area contributed by atoms with Crippen molar-refractivity contribution in [2.24, 2.45) is 0 Å². The van der Waals surface area contributed by atoms with Gasteiger partial charge in [-0.3, -0.25) is 9.59 Å². The second-order valence-electron chi connectivity index (χ2n) is 5.54. The molecule has 0 heterocycles. The van der Waals surface area contributed by atoms with Crippen LogP contribution in [0.15, 0.2) is 48.5 Å². The first-order chi connectivity index (χ1) is 11.1. The van der Waals surface area contributed by atoms with E-state index in [0.717, 1.165) is 12.0 Å². The lowest BCUT2D eigenvalue weighted by Gasteiger charge is -2.07. The first-order valence-corrected chi connectivity index (χ1v) is 7.72. The number of nitrogens with one attached hydrogen (secondary N) is 2. The summed E-state index contributed by atoms with van der Waals surface area (Å²) in [5.41, 5.74) is 3.97. The van der Waals surface area contributed by atoms with Crippen molar-refractivity contribution in [2.45, 2.75) is 26.3 Å². The highest BCUT2D eigenvalue weighted by Crippen LogP contribution is 2.07. The fourth-order valence-electron chi connectivity index (χ4n) is 2.22. The number of benzene rings is 2. The van der Waals surface area contributed by atoms with Crippen LogP contribution in [0.2, 0.25) is 0 Å². The molecule has 0 bridgehead atoms. The van der Waals surface area contributed by atoms with Crippen LogP contribution in [-0.2, 0) is 17.8 Å². The summed E-state index contributed by atoms with van der Waals surface area (Å²) in [6, 6.07) is 15.4. The molecule has 0 saturated carbocycles. The first-order valence-electron chi connectivity index (χ1n) is 7.72. The average Bonchev–Trinajstić information content (AvgIpc) is 2.59. The van der Waals surface area contributed by atoms with E-state index < -0.39 is 0 Å². The Bertz CT molecular complexity index is 661. The number of carbonyl (C=O) groups excluding carboxylic acids is 2. The third-order valence-electron chi connectivity index (χ3n) is 3.69. The van der Waals surface area contributed by atoms with Gasteiger partial charge in [0.25, 0.3) is 5.91 Å². The zero-order chi connectivity index (χ0) is 16.7. The van der Waals surface area contributed by atoms with Gasteiger partial charge >= 0.3 is 0 Å². The van der Waals surface area contributed by atoms with Crippen molar-refractivity contribution in [1.29, 1.82) is 0 Å². The molecular weight excluding hydrogens is 288 g/mol. The predicted molar refractivity (Wildman–Crippen MR) is 91.2 cm³/mol. The second-order valence-corrected chi connectivity index (χ2v) is 5.54. The maximum Gasteiger partial charge on any atom is 0.251 e. The summed E-state index contributed by atoms with van der Waals surface area (Å²) in [7, 11) is 1.60. The van der Waals surface area contributed by atoms with Gasteiger partial charge in [-0.1, -0.05) is 42.0 Å². The summed E-state index contributed by atoms with van der Waals surface area (Å²) in [4.78, 5) is 23.4. The summed E-state index contributed by atoms with van der Waals surface area (Å²) in [5.74, 6) is -0.0837. The molecule has 0 spiro atoms. The standard InChI is InChI=1S/C19H22N2O2/c1-14-3-5-15(6-4-14)9-12-18(22)21-13-16-7-10-17(11-8-16)19(23)20-2/h3-8,10-11H,9,12-13H2,1-2H3,(H,20,23)(H,21,22). The molecule has 0 aliphatic carbocycles. The van der Waals surface area contributed by atoms with E-state index in [1.807, 2.05) is 19.1 Å². The summed E-state index contributed by atoms with van der Waals surface area (Å²) >= 11 is 0. The molecule has 0 saturated heterocycles. The van der Waals surface area contributed by atoms with E-state index >= 15 is 0 Å². The number of hydrogen-bond donors (Lipinski definition) is 2. The van der Waals surface area contributed by atoms with Crippen LogP contribution in [0.25, 0.3) is 0 Å². The Hall–Kier alpha value is -2.62. The van der Waals surface area contributed by atoms with Crippen molar-refractivity contribution in [1.82, 2.24) is 10.6 Å². The van der Waals surface area contributed by atoms with Crippen molar-refractivity contribution in [3.8, 4) is 0 Å². The van der Waals surface area contributed by atoms with Gasteiger partial charge in [0.1, 0.15) is 0 Å². The topological polar surface area (TPSA) is 58.2 Å². The maximum absolute atomic E-state index is 11.9. The molecule has 2 aromatic rings. The smallest absolute Gasteiger partial charge is 0.251 e. The molecule has 2 rings (SSSR count). The Morgan fingerprint density at radius 3 is 2.13 bits per heavy atom. The molecule has 23 heavy (non-hydrogen) atoms. The molecule has 0 fully saturated rings. The van der Waals surface area contributed by atoms with Crippen LogP contribution in [0.3, 0.4) is 0 Å². The van der Waals surface area contributed by atoms with Crippen LogP contribution < -0.4 is 10.6 Å². The third kappa shape index (κ3) is 5.25. The normalized spacial score (nSPS) is 10.2. The molecule has 0 atom stereocenters. The SMILES string of the molecule is CNC(=O)c1ccc(CNC(=O)CCc2ccc(C)cc2)cc1. The van der Waals surface area contributed by atoms with Crippen LogP contribution in [0.5, 0.6) is 0 Å². The van der Waals surface area contributed by atoms with Crippen LogP contribution in [-0.4, -0.2) is 18.9 Å². The number of aryl methyl sites for hydroxylation is 2. The summed E-state index contributed by atoms with van der Waals surface area (Å²) in [6.45, 7) is 2.52. The van der Waals surface area contributed by atoms with Gasteiger partial charge in [-0.05, 0) is 36.6 Å². The predicted octanol–water partition coefficient (Wildman–Crippen LogP) is 2.60. The van der Waals surface area contributed by atoms with Crippen molar-refractivity contribution in [3.05, 3.63) is 70.8 Å². The molecular formula is C19H22N2O2. The number of hydrogen-bond acceptors (Lipinski definition) is 2. The van der Waals surface area contributed by atoms with E-state index in [1.54, 1.807) is 19.2 Å². The number of amides is 2. The molecule has 4 heteroatoms. The van der Waals surface area contributed by atoms with Crippen molar-refractivity contribution in [3.63, 3.8) is 0 Å². The van der Waals surface area contributed by atoms with Gasteiger partial charge in [-0.25, -0.2) is 0 Å². The van der Waals surface area contributed by atoms with E-state index in [9.17, 15) is 9.59 Å². The number of rotatable bonds is 6. The maximum atomic E-state index is 11.9. The van der Waals surface area contributed by atoms with Crippen molar-refractivity contribution in [2.75, 3.05) is 7.05 Å². The zero-order valence-electron chi connectivity index (χ0n) is 13.6. The highest BCUT2D eigenvalue weighted by molar-refractivity contribution is 5.93. The van der Waals surface area contributed by atoms with Gasteiger partial charge in [0.15, 0.2) is 0 Å². The minimum absolute atomic E-state index is 0.0287. The quantitative estimate of drug-likeness (QED) is 0.861. The van der Waals surface area contributed by atoms with Crippen molar-refractivity contribution >= 4 is 11.8 Å². The Kier molecular flexibility index (Phi) is 5.92. The van der Waals surface area contributed by atoms with Gasteiger partial charge in [0.2, 0.25) is 5.91 Å². The van der Waals surface area contributed by atoms with E-state index in [1.165, 1.54) is 11.1 Å². The van der Waals surface area contributed by atoms with Gasteiger partial charge in [0, 0.05) is 25.6 Å². The second kappa shape index (κ2) is 8.13. The molecule has 0 aliphatic rings. The zero-order valence-corrected chi connectivity index (χ0v) is 13.6. The Morgan fingerprint density at radius 2 is 1.52 bits per heavy atom. The van der Waals surface area contributed by atoms with Gasteiger partial charge in [-0.2, -0.15) is 0 Å². The van der Waals surface area contributed by atoms with Gasteiger partial charge < -0.3 is 10.6 Å². The van der Waals surface area contributed by atoms with Crippen LogP contribution >= 0.6 is 0 Å². The Morgan fingerprint density at radius 1 is 0.913 bits per heavy atom. The largest absolute Gasteiger partial charge is 0.355 e. The van der Waals surface area contributed by atoms with Crippen LogP contribution in [0.1, 0.15) is 33.5 Å². The Balaban J connectivity index is 1.77. The summed E-state index contributed by atoms with van der Waals surface area (Å²) < 4.78 is 0. The van der Waals surface area contributed by atoms with E-state index in [-0.39, 0.29) is 11.8 Å². The summed E-state index contributed by atoms with van der Waals surface area (Å²) in [6.07, 6.45) is 1.21. The number of carbonyl (C=O) groups is 2. The van der Waals surface area contributed by atoms with E-state index in [0.29, 0.717) is 18.5 Å².